The molecular weight excluding hydrogens is 399 g/mol. The molecule has 0 saturated heterocycles. The van der Waals surface area contributed by atoms with Gasteiger partial charge in [-0.15, -0.1) is 0 Å². The molecule has 0 aliphatic heterocycles. The fourth-order valence-corrected chi connectivity index (χ4v) is 3.59. The fraction of sp³-hybridized carbons (Fsp3) is 0.176. The minimum absolute atomic E-state index is 0.0594. The summed E-state index contributed by atoms with van der Waals surface area (Å²) in [4.78, 5) is 16.7. The number of nitrogens with zero attached hydrogens (tertiary/aromatic N) is 2. The Bertz CT molecular complexity index is 1120. The van der Waals surface area contributed by atoms with Crippen molar-refractivity contribution in [1.29, 1.82) is 0 Å². The summed E-state index contributed by atoms with van der Waals surface area (Å²) in [5.41, 5.74) is 1.79. The summed E-state index contributed by atoms with van der Waals surface area (Å²) in [5.74, 6) is -0.630. The Morgan fingerprint density at radius 3 is 2.65 bits per heavy atom. The molecule has 0 spiro atoms. The number of sulfone groups is 1. The lowest BCUT2D eigenvalue weighted by atomic mass is 10.1. The van der Waals surface area contributed by atoms with E-state index in [1.807, 2.05) is 0 Å². The van der Waals surface area contributed by atoms with E-state index < -0.39 is 15.8 Å². The molecular formula is C17H14Cl2N2O4S. The van der Waals surface area contributed by atoms with Crippen molar-refractivity contribution in [3.8, 4) is 0 Å². The molecule has 0 N–H and O–H groups in total. The molecule has 9 heteroatoms. The topological polar surface area (TPSA) is 77.7 Å². The first-order valence-electron chi connectivity index (χ1n) is 7.45. The third-order valence-electron chi connectivity index (χ3n) is 3.73. The van der Waals surface area contributed by atoms with Crippen LogP contribution in [0.15, 0.2) is 41.6 Å². The van der Waals surface area contributed by atoms with Crippen LogP contribution in [0.5, 0.6) is 0 Å². The average Bonchev–Trinajstić information content (AvgIpc) is 2.95. The van der Waals surface area contributed by atoms with Gasteiger partial charge in [-0.05, 0) is 30.7 Å². The van der Waals surface area contributed by atoms with Crippen LogP contribution in [0, 0.1) is 6.92 Å². The molecule has 0 fully saturated rings. The standard InChI is InChI=1S/C17H14Cl2N2O4S/c1-10-3-4-13(26(2,23)24)6-14(10)17(22)25-9-12-8-21-7-11(18)5-15(19)16(21)20-12/h3-8H,9H2,1-2H3. The number of aryl methyl sites for hydroxylation is 1. The van der Waals surface area contributed by atoms with Crippen molar-refractivity contribution in [2.45, 2.75) is 18.4 Å². The van der Waals surface area contributed by atoms with Gasteiger partial charge >= 0.3 is 5.97 Å². The molecule has 0 amide bonds. The van der Waals surface area contributed by atoms with Crippen molar-refractivity contribution in [3.63, 3.8) is 0 Å². The number of pyridine rings is 1. The quantitative estimate of drug-likeness (QED) is 0.610. The highest BCUT2D eigenvalue weighted by Gasteiger charge is 2.16. The van der Waals surface area contributed by atoms with Gasteiger partial charge < -0.3 is 9.14 Å². The minimum Gasteiger partial charge on any atom is -0.456 e. The maximum Gasteiger partial charge on any atom is 0.338 e. The number of hydrogen-bond donors (Lipinski definition) is 0. The normalized spacial score (nSPS) is 11.7. The lowest BCUT2D eigenvalue weighted by Gasteiger charge is -2.08. The van der Waals surface area contributed by atoms with E-state index in [1.165, 1.54) is 12.1 Å². The average molecular weight is 413 g/mol. The third kappa shape index (κ3) is 3.85. The number of halogens is 2. The lowest BCUT2D eigenvalue weighted by Crippen LogP contribution is -2.09. The highest BCUT2D eigenvalue weighted by molar-refractivity contribution is 7.90. The summed E-state index contributed by atoms with van der Waals surface area (Å²) in [7, 11) is -3.42. The fourth-order valence-electron chi connectivity index (χ4n) is 2.41. The number of esters is 1. The Hall–Kier alpha value is -2.09. The van der Waals surface area contributed by atoms with E-state index in [1.54, 1.807) is 35.9 Å². The number of rotatable bonds is 4. The van der Waals surface area contributed by atoms with Gasteiger partial charge in [-0.2, -0.15) is 0 Å². The Morgan fingerprint density at radius 2 is 1.96 bits per heavy atom. The van der Waals surface area contributed by atoms with E-state index in [4.69, 9.17) is 27.9 Å². The largest absolute Gasteiger partial charge is 0.456 e. The molecule has 2 heterocycles. The Kier molecular flexibility index (Phi) is 4.96. The maximum atomic E-state index is 12.4. The summed E-state index contributed by atoms with van der Waals surface area (Å²) in [6.07, 6.45) is 4.37. The zero-order valence-corrected chi connectivity index (χ0v) is 16.2. The van der Waals surface area contributed by atoms with Gasteiger partial charge in [0.15, 0.2) is 15.5 Å². The Labute approximate surface area is 160 Å². The summed E-state index contributed by atoms with van der Waals surface area (Å²) >= 11 is 12.0. The Morgan fingerprint density at radius 1 is 1.23 bits per heavy atom. The van der Waals surface area contributed by atoms with Gasteiger partial charge in [0.25, 0.3) is 0 Å². The first-order valence-corrected chi connectivity index (χ1v) is 10.1. The number of carbonyl (C=O) groups is 1. The SMILES string of the molecule is Cc1ccc(S(C)(=O)=O)cc1C(=O)OCc1cn2cc(Cl)cc(Cl)c2n1. The molecule has 0 radical (unpaired) electrons. The van der Waals surface area contributed by atoms with Crippen LogP contribution in [0.3, 0.4) is 0 Å². The summed E-state index contributed by atoms with van der Waals surface area (Å²) in [5, 5.41) is 0.837. The van der Waals surface area contributed by atoms with E-state index in [9.17, 15) is 13.2 Å². The molecule has 3 aromatic rings. The zero-order valence-electron chi connectivity index (χ0n) is 13.9. The van der Waals surface area contributed by atoms with Crippen LogP contribution >= 0.6 is 23.2 Å². The summed E-state index contributed by atoms with van der Waals surface area (Å²) in [6, 6.07) is 5.91. The number of fused-ring (bicyclic) bond motifs is 1. The zero-order chi connectivity index (χ0) is 19.1. The second-order valence-corrected chi connectivity index (χ2v) is 8.65. The number of ether oxygens (including phenoxy) is 1. The third-order valence-corrected chi connectivity index (χ3v) is 5.33. The van der Waals surface area contributed by atoms with Crippen molar-refractivity contribution in [2.75, 3.05) is 6.26 Å². The molecule has 0 atom stereocenters. The molecule has 0 aliphatic carbocycles. The predicted octanol–water partition coefficient (Wildman–Crippen LogP) is 3.71. The highest BCUT2D eigenvalue weighted by Crippen LogP contribution is 2.22. The minimum atomic E-state index is -3.42. The molecule has 0 aliphatic rings. The van der Waals surface area contributed by atoms with Crippen molar-refractivity contribution in [3.05, 3.63) is 63.5 Å². The summed E-state index contributed by atoms with van der Waals surface area (Å²) < 4.78 is 30.3. The van der Waals surface area contributed by atoms with E-state index >= 15 is 0 Å². The molecule has 0 saturated carbocycles. The molecule has 0 unspecified atom stereocenters. The van der Waals surface area contributed by atoms with Gasteiger partial charge in [0.1, 0.15) is 6.61 Å². The van der Waals surface area contributed by atoms with Gasteiger partial charge in [0, 0.05) is 18.6 Å². The molecule has 3 rings (SSSR count). The van der Waals surface area contributed by atoms with Gasteiger partial charge in [-0.3, -0.25) is 0 Å². The number of carbonyl (C=O) groups excluding carboxylic acids is 1. The molecule has 2 aromatic heterocycles. The second kappa shape index (κ2) is 6.90. The van der Waals surface area contributed by atoms with Gasteiger partial charge in [-0.25, -0.2) is 18.2 Å². The number of aromatic nitrogens is 2. The molecule has 136 valence electrons. The molecule has 1 aromatic carbocycles. The lowest BCUT2D eigenvalue weighted by molar-refractivity contribution is 0.0467. The van der Waals surface area contributed by atoms with Crippen molar-refractivity contribution in [2.24, 2.45) is 0 Å². The van der Waals surface area contributed by atoms with Crippen LogP contribution in [-0.2, 0) is 21.2 Å². The van der Waals surface area contributed by atoms with E-state index in [0.717, 1.165) is 6.26 Å². The van der Waals surface area contributed by atoms with Gasteiger partial charge in [0.2, 0.25) is 0 Å². The molecule has 6 nitrogen and oxygen atoms in total. The first kappa shape index (κ1) is 18.7. The van der Waals surface area contributed by atoms with E-state index in [-0.39, 0.29) is 17.1 Å². The summed E-state index contributed by atoms with van der Waals surface area (Å²) in [6.45, 7) is 1.62. The van der Waals surface area contributed by atoms with Crippen LogP contribution in [0.1, 0.15) is 21.6 Å². The van der Waals surface area contributed by atoms with Crippen molar-refractivity contribution < 1.29 is 17.9 Å². The van der Waals surface area contributed by atoms with Crippen molar-refractivity contribution >= 4 is 44.7 Å². The Balaban J connectivity index is 1.82. The predicted molar refractivity (Wildman–Crippen MR) is 98.6 cm³/mol. The van der Waals surface area contributed by atoms with Crippen LogP contribution in [0.4, 0.5) is 0 Å². The van der Waals surface area contributed by atoms with E-state index in [0.29, 0.717) is 26.9 Å². The molecule has 26 heavy (non-hydrogen) atoms. The highest BCUT2D eigenvalue weighted by atomic mass is 35.5. The molecule has 0 bridgehead atoms. The van der Waals surface area contributed by atoms with Crippen LogP contribution in [0.25, 0.3) is 5.65 Å². The van der Waals surface area contributed by atoms with Crippen LogP contribution in [0.2, 0.25) is 10.0 Å². The van der Waals surface area contributed by atoms with Crippen LogP contribution in [-0.4, -0.2) is 30.0 Å². The number of benzene rings is 1. The van der Waals surface area contributed by atoms with Gasteiger partial charge in [0.05, 0.1) is 26.2 Å². The van der Waals surface area contributed by atoms with Crippen LogP contribution < -0.4 is 0 Å². The van der Waals surface area contributed by atoms with Crippen molar-refractivity contribution in [1.82, 2.24) is 9.38 Å². The van der Waals surface area contributed by atoms with E-state index in [2.05, 4.69) is 4.98 Å². The number of hydrogen-bond acceptors (Lipinski definition) is 5. The maximum absolute atomic E-state index is 12.4. The second-order valence-electron chi connectivity index (χ2n) is 5.79. The first-order chi connectivity index (χ1) is 12.1. The van der Waals surface area contributed by atoms with Gasteiger partial charge in [-0.1, -0.05) is 29.3 Å². The smallest absolute Gasteiger partial charge is 0.338 e. The monoisotopic (exact) mass is 412 g/mol. The number of imidazole rings is 1.